The highest BCUT2D eigenvalue weighted by atomic mass is 32.2. The second-order valence-electron chi connectivity index (χ2n) is 9.94. The Balaban J connectivity index is 1.77. The molecule has 3 rings (SSSR count). The molecule has 210 valence electrons. The molecule has 0 aromatic heterocycles. The van der Waals surface area contributed by atoms with Crippen LogP contribution < -0.4 is 4.18 Å². The molecule has 3 aromatic rings. The number of aryl methyl sites for hydroxylation is 1. The fourth-order valence-corrected chi connectivity index (χ4v) is 5.12. The number of hydrogen-bond acceptors (Lipinski definition) is 4. The predicted octanol–water partition coefficient (Wildman–Crippen LogP) is 7.50. The topological polar surface area (TPSA) is 63.7 Å². The van der Waals surface area contributed by atoms with Crippen LogP contribution in [0.3, 0.4) is 0 Å². The fraction of sp³-hybridized carbons (Fsp3) is 0.367. The van der Waals surface area contributed by atoms with E-state index in [0.29, 0.717) is 23.7 Å². The van der Waals surface area contributed by atoms with Gasteiger partial charge in [-0.1, -0.05) is 63.9 Å². The SMILES string of the molecule is CCCCCc1ccc(C(=O)N(Cc2cccc(OS(=O)(=O)c3cccc(C(F)(F)F)c3)c2)CC(C)C)cc1. The molecule has 0 aliphatic rings. The first-order valence-electron chi connectivity index (χ1n) is 13.0. The number of carbonyl (C=O) groups is 1. The Bertz CT molecular complexity index is 1350. The molecule has 0 saturated carbocycles. The van der Waals surface area contributed by atoms with Crippen LogP contribution in [-0.4, -0.2) is 25.8 Å². The van der Waals surface area contributed by atoms with Crippen molar-refractivity contribution in [1.82, 2.24) is 4.90 Å². The average molecular weight is 562 g/mol. The number of benzene rings is 3. The number of carbonyl (C=O) groups excluding carboxylic acids is 1. The Morgan fingerprint density at radius 3 is 2.26 bits per heavy atom. The van der Waals surface area contributed by atoms with Crippen LogP contribution >= 0.6 is 0 Å². The van der Waals surface area contributed by atoms with E-state index in [1.54, 1.807) is 17.0 Å². The highest BCUT2D eigenvalue weighted by Crippen LogP contribution is 2.31. The van der Waals surface area contributed by atoms with E-state index in [1.165, 1.54) is 17.7 Å². The first-order valence-corrected chi connectivity index (χ1v) is 14.4. The zero-order chi connectivity index (χ0) is 28.6. The van der Waals surface area contributed by atoms with Crippen LogP contribution in [0.15, 0.2) is 77.7 Å². The lowest BCUT2D eigenvalue weighted by molar-refractivity contribution is -0.137. The van der Waals surface area contributed by atoms with Gasteiger partial charge in [-0.15, -0.1) is 0 Å². The van der Waals surface area contributed by atoms with E-state index < -0.39 is 26.8 Å². The lowest BCUT2D eigenvalue weighted by atomic mass is 10.0. The van der Waals surface area contributed by atoms with Crippen LogP contribution in [0.1, 0.15) is 67.1 Å². The molecule has 0 radical (unpaired) electrons. The summed E-state index contributed by atoms with van der Waals surface area (Å²) in [5.41, 5.74) is 1.28. The molecule has 0 aliphatic heterocycles. The van der Waals surface area contributed by atoms with E-state index in [2.05, 4.69) is 6.92 Å². The van der Waals surface area contributed by atoms with Gasteiger partial charge in [-0.3, -0.25) is 4.79 Å². The van der Waals surface area contributed by atoms with E-state index in [1.807, 2.05) is 38.1 Å². The molecular formula is C30H34F3NO4S. The van der Waals surface area contributed by atoms with Crippen molar-refractivity contribution in [2.24, 2.45) is 5.92 Å². The summed E-state index contributed by atoms with van der Waals surface area (Å²) in [6.07, 6.45) is -0.316. The molecule has 0 atom stereocenters. The molecule has 0 bridgehead atoms. The van der Waals surface area contributed by atoms with Crippen molar-refractivity contribution in [3.05, 3.63) is 95.1 Å². The molecule has 0 saturated heterocycles. The molecule has 0 unspecified atom stereocenters. The van der Waals surface area contributed by atoms with E-state index in [0.717, 1.165) is 43.9 Å². The van der Waals surface area contributed by atoms with Gasteiger partial charge >= 0.3 is 16.3 Å². The number of rotatable bonds is 12. The number of unbranched alkanes of at least 4 members (excludes halogenated alkanes) is 2. The average Bonchev–Trinajstić information content (AvgIpc) is 2.88. The van der Waals surface area contributed by atoms with Crippen molar-refractivity contribution >= 4 is 16.0 Å². The van der Waals surface area contributed by atoms with Crippen LogP contribution in [0.4, 0.5) is 13.2 Å². The zero-order valence-electron chi connectivity index (χ0n) is 22.4. The molecular weight excluding hydrogens is 527 g/mol. The Hall–Kier alpha value is -3.33. The Kier molecular flexibility index (Phi) is 10.2. The smallest absolute Gasteiger partial charge is 0.379 e. The van der Waals surface area contributed by atoms with Gasteiger partial charge in [0.15, 0.2) is 0 Å². The molecule has 3 aromatic carbocycles. The van der Waals surface area contributed by atoms with Gasteiger partial charge in [0.2, 0.25) is 0 Å². The van der Waals surface area contributed by atoms with E-state index in [9.17, 15) is 26.4 Å². The molecule has 0 N–H and O–H groups in total. The second-order valence-corrected chi connectivity index (χ2v) is 11.5. The molecule has 0 spiro atoms. The maximum absolute atomic E-state index is 13.4. The normalized spacial score (nSPS) is 12.0. The first kappa shape index (κ1) is 30.2. The van der Waals surface area contributed by atoms with Crippen LogP contribution in [0.5, 0.6) is 5.75 Å². The summed E-state index contributed by atoms with van der Waals surface area (Å²) >= 11 is 0. The molecule has 0 heterocycles. The number of halogens is 3. The maximum Gasteiger partial charge on any atom is 0.416 e. The highest BCUT2D eigenvalue weighted by Gasteiger charge is 2.32. The van der Waals surface area contributed by atoms with E-state index in [-0.39, 0.29) is 24.1 Å². The van der Waals surface area contributed by atoms with Gasteiger partial charge in [0, 0.05) is 18.7 Å². The zero-order valence-corrected chi connectivity index (χ0v) is 23.2. The molecule has 9 heteroatoms. The summed E-state index contributed by atoms with van der Waals surface area (Å²) in [6.45, 7) is 6.83. The summed E-state index contributed by atoms with van der Waals surface area (Å²) < 4.78 is 69.7. The number of nitrogens with zero attached hydrogens (tertiary/aromatic N) is 1. The summed E-state index contributed by atoms with van der Waals surface area (Å²) in [5.74, 6) is -0.0204. The first-order chi connectivity index (χ1) is 18.4. The quantitative estimate of drug-likeness (QED) is 0.170. The van der Waals surface area contributed by atoms with Crippen molar-refractivity contribution in [3.63, 3.8) is 0 Å². The van der Waals surface area contributed by atoms with Crippen molar-refractivity contribution < 1.29 is 30.6 Å². The Labute approximate surface area is 228 Å². The summed E-state index contributed by atoms with van der Waals surface area (Å²) in [4.78, 5) is 14.5. The number of alkyl halides is 3. The lowest BCUT2D eigenvalue weighted by Crippen LogP contribution is -2.33. The minimum absolute atomic E-state index is 0.0571. The third kappa shape index (κ3) is 8.85. The highest BCUT2D eigenvalue weighted by molar-refractivity contribution is 7.87. The Morgan fingerprint density at radius 1 is 0.923 bits per heavy atom. The maximum atomic E-state index is 13.4. The van der Waals surface area contributed by atoms with Gasteiger partial charge in [0.05, 0.1) is 5.56 Å². The van der Waals surface area contributed by atoms with Crippen molar-refractivity contribution in [2.45, 2.75) is 64.1 Å². The third-order valence-corrected chi connectivity index (χ3v) is 7.31. The number of hydrogen-bond donors (Lipinski definition) is 0. The summed E-state index contributed by atoms with van der Waals surface area (Å²) in [6, 6.07) is 17.2. The molecule has 0 fully saturated rings. The molecule has 0 aliphatic carbocycles. The van der Waals surface area contributed by atoms with Gasteiger partial charge in [-0.05, 0) is 72.4 Å². The van der Waals surface area contributed by atoms with Crippen LogP contribution in [0.2, 0.25) is 0 Å². The van der Waals surface area contributed by atoms with Crippen LogP contribution in [0, 0.1) is 5.92 Å². The van der Waals surface area contributed by atoms with Gasteiger partial charge in [-0.25, -0.2) is 0 Å². The molecule has 5 nitrogen and oxygen atoms in total. The summed E-state index contributed by atoms with van der Waals surface area (Å²) in [5, 5.41) is 0. The van der Waals surface area contributed by atoms with Crippen LogP contribution in [0.25, 0.3) is 0 Å². The van der Waals surface area contributed by atoms with Gasteiger partial charge in [0.25, 0.3) is 5.91 Å². The van der Waals surface area contributed by atoms with Crippen LogP contribution in [-0.2, 0) is 29.3 Å². The van der Waals surface area contributed by atoms with Crippen molar-refractivity contribution in [1.29, 1.82) is 0 Å². The minimum Gasteiger partial charge on any atom is -0.379 e. The number of amides is 1. The molecule has 39 heavy (non-hydrogen) atoms. The standard InChI is InChI=1S/C30H34F3NO4S/c1-4-5-6-9-23-14-16-25(17-15-23)29(35)34(20-22(2)3)21-24-10-7-12-27(18-24)38-39(36,37)28-13-8-11-26(19-28)30(31,32)33/h7-8,10-19,22H,4-6,9,20-21H2,1-3H3. The Morgan fingerprint density at radius 2 is 1.62 bits per heavy atom. The lowest BCUT2D eigenvalue weighted by Gasteiger charge is -2.25. The largest absolute Gasteiger partial charge is 0.416 e. The van der Waals surface area contributed by atoms with Crippen molar-refractivity contribution in [2.75, 3.05) is 6.54 Å². The van der Waals surface area contributed by atoms with Gasteiger partial charge in [0.1, 0.15) is 10.6 Å². The molecule has 1 amide bonds. The van der Waals surface area contributed by atoms with E-state index >= 15 is 0 Å². The van der Waals surface area contributed by atoms with E-state index in [4.69, 9.17) is 4.18 Å². The third-order valence-electron chi connectivity index (χ3n) is 6.07. The van der Waals surface area contributed by atoms with Gasteiger partial charge < -0.3 is 9.08 Å². The predicted molar refractivity (Wildman–Crippen MR) is 145 cm³/mol. The minimum atomic E-state index is -4.69. The summed E-state index contributed by atoms with van der Waals surface area (Å²) in [7, 11) is -4.51. The van der Waals surface area contributed by atoms with Crippen molar-refractivity contribution in [3.8, 4) is 5.75 Å². The fourth-order valence-electron chi connectivity index (χ4n) is 4.15. The monoisotopic (exact) mass is 561 g/mol. The van der Waals surface area contributed by atoms with Gasteiger partial charge in [-0.2, -0.15) is 21.6 Å². The second kappa shape index (κ2) is 13.2.